The Kier molecular flexibility index (Phi) is 4.38. The molecular weight excluding hydrogens is 240 g/mol. The maximum Gasteiger partial charge on any atom is 0.0794 e. The van der Waals surface area contributed by atoms with Crippen molar-refractivity contribution in [2.45, 2.75) is 25.8 Å². The lowest BCUT2D eigenvalue weighted by atomic mass is 10.1. The van der Waals surface area contributed by atoms with Crippen LogP contribution in [0.15, 0.2) is 17.9 Å². The van der Waals surface area contributed by atoms with Gasteiger partial charge in [-0.2, -0.15) is 0 Å². The normalized spacial score (nSPS) is 12.8. The highest BCUT2D eigenvalue weighted by atomic mass is 32.1. The van der Waals surface area contributed by atoms with Crippen LogP contribution in [0.2, 0.25) is 0 Å². The summed E-state index contributed by atoms with van der Waals surface area (Å²) in [5.41, 5.74) is 1.87. The van der Waals surface area contributed by atoms with E-state index in [1.807, 2.05) is 17.9 Å². The van der Waals surface area contributed by atoms with E-state index in [0.29, 0.717) is 6.04 Å². The van der Waals surface area contributed by atoms with Crippen LogP contribution >= 0.6 is 22.9 Å². The summed E-state index contributed by atoms with van der Waals surface area (Å²) < 4.78 is 3.92. The molecule has 16 heavy (non-hydrogen) atoms. The average Bonchev–Trinajstić information content (AvgIpc) is 2.96. The number of nitrogens with zero attached hydrogens (tertiary/aromatic N) is 3. The van der Waals surface area contributed by atoms with E-state index in [4.69, 9.17) is 0 Å². The number of nitrogens with one attached hydrogen (secondary N) is 1. The summed E-state index contributed by atoms with van der Waals surface area (Å²) >= 11 is 3.16. The van der Waals surface area contributed by atoms with Gasteiger partial charge in [0.1, 0.15) is 0 Å². The molecule has 0 bridgehead atoms. The van der Waals surface area contributed by atoms with Gasteiger partial charge in [-0.3, -0.25) is 4.98 Å². The van der Waals surface area contributed by atoms with Gasteiger partial charge in [0, 0.05) is 23.5 Å². The van der Waals surface area contributed by atoms with Crippen molar-refractivity contribution in [3.05, 3.63) is 27.7 Å². The van der Waals surface area contributed by atoms with Crippen LogP contribution in [0.25, 0.3) is 0 Å². The lowest BCUT2D eigenvalue weighted by molar-refractivity contribution is 0.538. The highest BCUT2D eigenvalue weighted by Crippen LogP contribution is 2.22. The number of aromatic nitrogens is 3. The molecule has 2 rings (SSSR count). The molecule has 4 nitrogen and oxygen atoms in total. The third kappa shape index (κ3) is 3.07. The number of hydrogen-bond acceptors (Lipinski definition) is 6. The van der Waals surface area contributed by atoms with Gasteiger partial charge in [-0.1, -0.05) is 11.4 Å². The summed E-state index contributed by atoms with van der Waals surface area (Å²) in [6, 6.07) is 0.320. The Morgan fingerprint density at radius 2 is 2.38 bits per heavy atom. The van der Waals surface area contributed by atoms with Crippen molar-refractivity contribution in [3.8, 4) is 0 Å². The van der Waals surface area contributed by atoms with Crippen LogP contribution in [0.3, 0.4) is 0 Å². The van der Waals surface area contributed by atoms with Gasteiger partial charge in [0.05, 0.1) is 16.6 Å². The molecule has 0 saturated heterocycles. The molecule has 0 aliphatic carbocycles. The summed E-state index contributed by atoms with van der Waals surface area (Å²) in [5, 5.41) is 7.42. The van der Waals surface area contributed by atoms with Crippen molar-refractivity contribution >= 4 is 22.9 Å². The van der Waals surface area contributed by atoms with Crippen LogP contribution in [0.4, 0.5) is 0 Å². The van der Waals surface area contributed by atoms with Crippen LogP contribution < -0.4 is 5.32 Å². The molecule has 0 amide bonds. The molecule has 2 aromatic rings. The molecule has 1 atom stereocenters. The minimum absolute atomic E-state index is 0.320. The van der Waals surface area contributed by atoms with Gasteiger partial charge < -0.3 is 5.32 Å². The number of rotatable bonds is 6. The molecule has 0 aromatic carbocycles. The average molecular weight is 254 g/mol. The predicted octanol–water partition coefficient (Wildman–Crippen LogP) is 2.28. The van der Waals surface area contributed by atoms with Gasteiger partial charge >= 0.3 is 0 Å². The number of hydrogen-bond donors (Lipinski definition) is 1. The van der Waals surface area contributed by atoms with E-state index in [9.17, 15) is 0 Å². The van der Waals surface area contributed by atoms with E-state index < -0.39 is 0 Å². The zero-order valence-electron chi connectivity index (χ0n) is 9.09. The fourth-order valence-corrected chi connectivity index (χ4v) is 2.68. The Morgan fingerprint density at radius 1 is 1.44 bits per heavy atom. The lowest BCUT2D eigenvalue weighted by Gasteiger charge is -2.14. The Morgan fingerprint density at radius 3 is 3.00 bits per heavy atom. The summed E-state index contributed by atoms with van der Waals surface area (Å²) in [4.78, 5) is 6.59. The first-order chi connectivity index (χ1) is 7.90. The smallest absolute Gasteiger partial charge is 0.0794 e. The second-order valence-corrected chi connectivity index (χ2v) is 5.29. The van der Waals surface area contributed by atoms with E-state index in [2.05, 4.69) is 26.8 Å². The monoisotopic (exact) mass is 254 g/mol. The topological polar surface area (TPSA) is 50.7 Å². The van der Waals surface area contributed by atoms with Crippen LogP contribution in [-0.2, 0) is 6.42 Å². The molecule has 6 heteroatoms. The summed E-state index contributed by atoms with van der Waals surface area (Å²) in [5.74, 6) is 0. The van der Waals surface area contributed by atoms with Gasteiger partial charge in [-0.05, 0) is 24.5 Å². The largest absolute Gasteiger partial charge is 0.309 e. The van der Waals surface area contributed by atoms with Gasteiger partial charge in [-0.25, -0.2) is 0 Å². The third-order valence-electron chi connectivity index (χ3n) is 2.25. The second kappa shape index (κ2) is 6.03. The predicted molar refractivity (Wildman–Crippen MR) is 66.8 cm³/mol. The minimum atomic E-state index is 0.320. The first-order valence-electron chi connectivity index (χ1n) is 5.28. The quantitative estimate of drug-likeness (QED) is 0.859. The van der Waals surface area contributed by atoms with Crippen molar-refractivity contribution in [2.24, 2.45) is 0 Å². The van der Waals surface area contributed by atoms with Crippen LogP contribution in [-0.4, -0.2) is 21.1 Å². The van der Waals surface area contributed by atoms with E-state index in [1.165, 1.54) is 21.3 Å². The molecule has 2 heterocycles. The van der Waals surface area contributed by atoms with E-state index in [0.717, 1.165) is 19.4 Å². The third-order valence-corrected chi connectivity index (χ3v) is 3.83. The zero-order chi connectivity index (χ0) is 11.2. The lowest BCUT2D eigenvalue weighted by Crippen LogP contribution is -2.23. The fourth-order valence-electron chi connectivity index (χ4n) is 1.46. The summed E-state index contributed by atoms with van der Waals surface area (Å²) in [6.45, 7) is 3.18. The van der Waals surface area contributed by atoms with Gasteiger partial charge in [-0.15, -0.1) is 16.4 Å². The van der Waals surface area contributed by atoms with Crippen molar-refractivity contribution in [1.82, 2.24) is 19.9 Å². The SMILES string of the molecule is CCCNC(Cc1cncs1)c1cnns1. The van der Waals surface area contributed by atoms with E-state index in [1.54, 1.807) is 11.3 Å². The molecule has 1 unspecified atom stereocenters. The van der Waals surface area contributed by atoms with Crippen LogP contribution in [0.1, 0.15) is 29.1 Å². The summed E-state index contributed by atoms with van der Waals surface area (Å²) in [7, 11) is 0. The molecule has 0 aliphatic heterocycles. The molecule has 0 saturated carbocycles. The Hall–Kier alpha value is -0.850. The van der Waals surface area contributed by atoms with E-state index in [-0.39, 0.29) is 0 Å². The van der Waals surface area contributed by atoms with Crippen molar-refractivity contribution in [1.29, 1.82) is 0 Å². The van der Waals surface area contributed by atoms with Crippen molar-refractivity contribution < 1.29 is 0 Å². The molecule has 0 fully saturated rings. The number of thiazole rings is 1. The molecule has 86 valence electrons. The Balaban J connectivity index is 2.03. The molecule has 1 N–H and O–H groups in total. The molecule has 0 spiro atoms. The van der Waals surface area contributed by atoms with Gasteiger partial charge in [0.2, 0.25) is 0 Å². The first kappa shape index (κ1) is 11.6. The maximum atomic E-state index is 4.10. The first-order valence-corrected chi connectivity index (χ1v) is 6.93. The van der Waals surface area contributed by atoms with Gasteiger partial charge in [0.15, 0.2) is 0 Å². The van der Waals surface area contributed by atoms with E-state index >= 15 is 0 Å². The van der Waals surface area contributed by atoms with Gasteiger partial charge in [0.25, 0.3) is 0 Å². The van der Waals surface area contributed by atoms with Crippen molar-refractivity contribution in [2.75, 3.05) is 6.54 Å². The molecule has 2 aromatic heterocycles. The second-order valence-electron chi connectivity index (χ2n) is 3.50. The molecule has 0 radical (unpaired) electrons. The molecular formula is C10H14N4S2. The molecule has 0 aliphatic rings. The minimum Gasteiger partial charge on any atom is -0.309 e. The van der Waals surface area contributed by atoms with Crippen LogP contribution in [0, 0.1) is 0 Å². The van der Waals surface area contributed by atoms with Crippen LogP contribution in [0.5, 0.6) is 0 Å². The highest BCUT2D eigenvalue weighted by Gasteiger charge is 2.14. The highest BCUT2D eigenvalue weighted by molar-refractivity contribution is 7.09. The zero-order valence-corrected chi connectivity index (χ0v) is 10.7. The summed E-state index contributed by atoms with van der Waals surface area (Å²) in [6.07, 6.45) is 5.87. The Labute approximate surface area is 103 Å². The standard InChI is InChI=1S/C10H14N4S2/c1-2-3-12-9(10-6-13-14-16-10)4-8-5-11-7-15-8/h5-7,9,12H,2-4H2,1H3. The Bertz CT molecular complexity index is 385. The van der Waals surface area contributed by atoms with Crippen molar-refractivity contribution in [3.63, 3.8) is 0 Å². The fraction of sp³-hybridized carbons (Fsp3) is 0.500. The maximum absolute atomic E-state index is 4.10.